The van der Waals surface area contributed by atoms with Gasteiger partial charge >= 0.3 is 35.8 Å². The summed E-state index contributed by atoms with van der Waals surface area (Å²) in [5.41, 5.74) is 0. The molecule has 0 aliphatic carbocycles. The highest BCUT2D eigenvalue weighted by molar-refractivity contribution is 7.85. The van der Waals surface area contributed by atoms with E-state index in [0.29, 0.717) is 6.26 Å². The summed E-state index contributed by atoms with van der Waals surface area (Å²) in [6.45, 7) is 4.26. The predicted octanol–water partition coefficient (Wildman–Crippen LogP) is -1.01. The molecule has 2 saturated heterocycles. The third kappa shape index (κ3) is 11.8. The first kappa shape index (κ1) is 37.7. The quantitative estimate of drug-likeness (QED) is 0.137. The molecule has 2 heterocycles. The Hall–Kier alpha value is -3.46. The summed E-state index contributed by atoms with van der Waals surface area (Å²) in [6.07, 6.45) is -17.6. The maximum atomic E-state index is 15.2. The molecule has 10 atom stereocenters. The lowest BCUT2D eigenvalue weighted by Crippen LogP contribution is -2.66. The third-order valence-electron chi connectivity index (χ3n) is 5.87. The molecule has 0 aromatic carbocycles. The third-order valence-corrected chi connectivity index (χ3v) is 6.43. The number of carbonyl (C=O) groups excluding carboxylic acids is 6. The Morgan fingerprint density at radius 3 is 1.47 bits per heavy atom. The molecule has 0 spiro atoms. The van der Waals surface area contributed by atoms with Crippen molar-refractivity contribution in [2.24, 2.45) is 0 Å². The van der Waals surface area contributed by atoms with Gasteiger partial charge in [0.05, 0.1) is 12.9 Å². The summed E-state index contributed by atoms with van der Waals surface area (Å²) in [6, 6.07) is 0. The van der Waals surface area contributed by atoms with E-state index in [1.165, 1.54) is 0 Å². The summed E-state index contributed by atoms with van der Waals surface area (Å²) in [7, 11) is -4.14. The van der Waals surface area contributed by atoms with Gasteiger partial charge in [0.2, 0.25) is 6.36 Å². The van der Waals surface area contributed by atoms with Gasteiger partial charge in [-0.3, -0.25) is 33.0 Å². The number of alkyl halides is 1. The summed E-state index contributed by atoms with van der Waals surface area (Å²) >= 11 is 0. The Morgan fingerprint density at radius 2 is 1.00 bits per heavy atom. The van der Waals surface area contributed by atoms with Crippen LogP contribution in [-0.4, -0.2) is 125 Å². The number of rotatable bonds is 12. The van der Waals surface area contributed by atoms with Crippen molar-refractivity contribution in [3.8, 4) is 0 Å². The van der Waals surface area contributed by atoms with E-state index in [1.807, 2.05) is 0 Å². The zero-order chi connectivity index (χ0) is 34.2. The molecule has 256 valence electrons. The first-order valence-electron chi connectivity index (χ1n) is 13.2. The van der Waals surface area contributed by atoms with E-state index in [4.69, 9.17) is 46.8 Å². The largest absolute Gasteiger partial charge is 0.463 e. The lowest BCUT2D eigenvalue weighted by atomic mass is 9.96. The van der Waals surface area contributed by atoms with E-state index in [0.717, 1.165) is 41.5 Å². The number of carbonyl (C=O) groups is 6. The van der Waals surface area contributed by atoms with Gasteiger partial charge in [-0.2, -0.15) is 8.42 Å². The molecule has 2 fully saturated rings. The van der Waals surface area contributed by atoms with Gasteiger partial charge in [-0.25, -0.2) is 4.39 Å². The van der Waals surface area contributed by atoms with E-state index < -0.39 is 121 Å². The fourth-order valence-electron chi connectivity index (χ4n) is 4.45. The number of hydrogen-bond donors (Lipinski definition) is 0. The molecule has 0 saturated carbocycles. The van der Waals surface area contributed by atoms with Crippen LogP contribution in [0.4, 0.5) is 4.39 Å². The van der Waals surface area contributed by atoms with Crippen molar-refractivity contribution in [2.45, 2.75) is 103 Å². The maximum absolute atomic E-state index is 15.2. The van der Waals surface area contributed by atoms with Crippen molar-refractivity contribution in [3.63, 3.8) is 0 Å². The lowest BCUT2D eigenvalue weighted by molar-refractivity contribution is -0.350. The van der Waals surface area contributed by atoms with E-state index in [-0.39, 0.29) is 0 Å². The molecule has 18 nitrogen and oxygen atoms in total. The SMILES string of the molecule is CC(=O)OC[C@H]1O[C@H](F)[C@H](OC(C)=O)[C@@H](OC(C)=O)[C@@H]1O[C@@H]1O[C@H](COS(C)(=O)=O)[C@H](OC(C)=O)[C@H](OC(C)=O)[C@H]1OC(C)=O. The molecule has 2 aliphatic rings. The van der Waals surface area contributed by atoms with Crippen LogP contribution >= 0.6 is 0 Å². The van der Waals surface area contributed by atoms with Crippen molar-refractivity contribution in [1.82, 2.24) is 0 Å². The predicted molar refractivity (Wildman–Crippen MR) is 139 cm³/mol. The molecule has 0 radical (unpaired) electrons. The smallest absolute Gasteiger partial charge is 0.303 e. The van der Waals surface area contributed by atoms with Crippen LogP contribution in [0.15, 0.2) is 0 Å². The van der Waals surface area contributed by atoms with Crippen LogP contribution in [-0.2, 0) is 85.7 Å². The normalized spacial score (nSPS) is 31.6. The summed E-state index contributed by atoms with van der Waals surface area (Å²) in [5, 5.41) is 0. The van der Waals surface area contributed by atoms with E-state index in [9.17, 15) is 37.2 Å². The monoisotopic (exact) mass is 674 g/mol. The highest BCUT2D eigenvalue weighted by Gasteiger charge is 2.57. The summed E-state index contributed by atoms with van der Waals surface area (Å²) in [5.74, 6) is -5.75. The molecule has 0 bridgehead atoms. The molecule has 0 aromatic rings. The fourth-order valence-corrected chi connectivity index (χ4v) is 4.83. The van der Waals surface area contributed by atoms with Crippen molar-refractivity contribution < 1.29 is 88.4 Å². The van der Waals surface area contributed by atoms with Gasteiger partial charge in [-0.05, 0) is 0 Å². The average Bonchev–Trinajstić information content (AvgIpc) is 2.87. The molecule has 45 heavy (non-hydrogen) atoms. The first-order chi connectivity index (χ1) is 20.8. The number of ether oxygens (including phenoxy) is 9. The van der Waals surface area contributed by atoms with E-state index in [1.54, 1.807) is 0 Å². The second-order valence-corrected chi connectivity index (χ2v) is 11.5. The van der Waals surface area contributed by atoms with Gasteiger partial charge in [0, 0.05) is 41.5 Å². The van der Waals surface area contributed by atoms with Crippen molar-refractivity contribution in [2.75, 3.05) is 19.5 Å². The van der Waals surface area contributed by atoms with Crippen LogP contribution in [0.3, 0.4) is 0 Å². The molecule has 0 amide bonds. The van der Waals surface area contributed by atoms with Gasteiger partial charge in [-0.15, -0.1) is 0 Å². The van der Waals surface area contributed by atoms with E-state index >= 15 is 4.39 Å². The molecule has 0 aromatic heterocycles. The minimum atomic E-state index is -4.14. The van der Waals surface area contributed by atoms with Crippen LogP contribution in [0.2, 0.25) is 0 Å². The zero-order valence-electron chi connectivity index (χ0n) is 25.3. The topological polar surface area (TPSA) is 229 Å². The highest BCUT2D eigenvalue weighted by Crippen LogP contribution is 2.35. The first-order valence-corrected chi connectivity index (χ1v) is 15.0. The van der Waals surface area contributed by atoms with Gasteiger partial charge in [-0.1, -0.05) is 0 Å². The molecule has 0 N–H and O–H groups in total. The van der Waals surface area contributed by atoms with Gasteiger partial charge < -0.3 is 42.6 Å². The molecular formula is C25H35FO18S. The van der Waals surface area contributed by atoms with Crippen LogP contribution < -0.4 is 0 Å². The lowest BCUT2D eigenvalue weighted by Gasteiger charge is -2.47. The molecular weight excluding hydrogens is 639 g/mol. The number of hydrogen-bond acceptors (Lipinski definition) is 18. The van der Waals surface area contributed by atoms with Crippen LogP contribution in [0.25, 0.3) is 0 Å². The molecule has 2 aliphatic heterocycles. The van der Waals surface area contributed by atoms with Crippen LogP contribution in [0.1, 0.15) is 41.5 Å². The molecule has 20 heteroatoms. The minimum Gasteiger partial charge on any atom is -0.463 e. The Balaban J connectivity index is 2.69. The van der Waals surface area contributed by atoms with E-state index in [2.05, 4.69) is 0 Å². The summed E-state index contributed by atoms with van der Waals surface area (Å²) < 4.78 is 91.7. The zero-order valence-corrected chi connectivity index (χ0v) is 26.1. The van der Waals surface area contributed by atoms with Crippen LogP contribution in [0.5, 0.6) is 0 Å². The minimum absolute atomic E-state index is 0.708. The van der Waals surface area contributed by atoms with Crippen molar-refractivity contribution in [3.05, 3.63) is 0 Å². The Morgan fingerprint density at radius 1 is 0.578 bits per heavy atom. The maximum Gasteiger partial charge on any atom is 0.303 e. The van der Waals surface area contributed by atoms with Crippen LogP contribution in [0, 0.1) is 0 Å². The Labute approximate surface area is 257 Å². The van der Waals surface area contributed by atoms with Crippen molar-refractivity contribution in [1.29, 1.82) is 0 Å². The average molecular weight is 675 g/mol. The number of halogens is 1. The fraction of sp³-hybridized carbons (Fsp3) is 0.760. The Kier molecular flexibility index (Phi) is 13.6. The molecule has 2 rings (SSSR count). The van der Waals surface area contributed by atoms with Gasteiger partial charge in [0.15, 0.2) is 36.8 Å². The highest BCUT2D eigenvalue weighted by atomic mass is 32.2. The second kappa shape index (κ2) is 16.2. The standard InChI is InChI=1S/C25H35FO18S/c1-10(27)35-8-16-19(20(38-12(3)29)22(24(26)42-16)40-14(5)31)44-25-23(41-15(6)32)21(39-13(4)30)18(37-11(2)28)17(43-25)9-36-45(7,33)34/h16-25H,8-9H2,1-7H3/t16-,17-,18+,19-,20+,21+,22-,23-,24+,25+/m1/s1. The Bertz CT molecular complexity index is 1220. The number of esters is 6. The van der Waals surface area contributed by atoms with Gasteiger partial charge in [0.1, 0.15) is 24.9 Å². The molecule has 0 unspecified atom stereocenters. The second-order valence-electron chi connectivity index (χ2n) is 9.83. The summed E-state index contributed by atoms with van der Waals surface area (Å²) in [4.78, 5) is 71.7. The van der Waals surface area contributed by atoms with Crippen molar-refractivity contribution >= 4 is 45.9 Å². The van der Waals surface area contributed by atoms with Gasteiger partial charge in [0.25, 0.3) is 10.1 Å².